The van der Waals surface area contributed by atoms with Crippen LogP contribution in [-0.4, -0.2) is 4.92 Å². The van der Waals surface area contributed by atoms with E-state index in [1.165, 1.54) is 23.3 Å². The Bertz CT molecular complexity index is 658. The normalized spacial score (nSPS) is 12.1. The van der Waals surface area contributed by atoms with Crippen molar-refractivity contribution >= 4 is 21.6 Å². The maximum atomic E-state index is 10.7. The molecule has 2 aromatic carbocycles. The number of rotatable bonds is 5. The molecule has 0 aliphatic carbocycles. The molecule has 0 bridgehead atoms. The molecule has 1 N–H and O–H groups in total. The summed E-state index contributed by atoms with van der Waals surface area (Å²) in [5.41, 5.74) is 3.56. The summed E-state index contributed by atoms with van der Waals surface area (Å²) in [4.78, 5) is 10.3. The highest BCUT2D eigenvalue weighted by molar-refractivity contribution is 9.10. The molecule has 2 aromatic rings. The smallest absolute Gasteiger partial charge is 0.270 e. The highest BCUT2D eigenvalue weighted by Gasteiger charge is 2.10. The summed E-state index contributed by atoms with van der Waals surface area (Å²) in [6.07, 6.45) is 0. The van der Waals surface area contributed by atoms with Crippen molar-refractivity contribution in [1.29, 1.82) is 0 Å². The van der Waals surface area contributed by atoms with Crippen LogP contribution in [-0.2, 0) is 6.54 Å². The van der Waals surface area contributed by atoms with E-state index in [0.717, 1.165) is 10.0 Å². The fraction of sp³-hybridized carbons (Fsp3) is 0.250. The lowest BCUT2D eigenvalue weighted by Gasteiger charge is -2.15. The second-order valence-electron chi connectivity index (χ2n) is 5.05. The van der Waals surface area contributed by atoms with Crippen LogP contribution in [0.1, 0.15) is 29.7 Å². The average molecular weight is 349 g/mol. The number of nitrogens with one attached hydrogen (secondary N) is 1. The zero-order valence-corrected chi connectivity index (χ0v) is 13.6. The molecule has 2 rings (SSSR count). The largest absolute Gasteiger partial charge is 0.306 e. The molecular formula is C16H17BrN2O2. The van der Waals surface area contributed by atoms with Crippen molar-refractivity contribution < 1.29 is 4.92 Å². The van der Waals surface area contributed by atoms with Crippen LogP contribution < -0.4 is 5.32 Å². The number of nitrogens with zero attached hydrogens (tertiary/aromatic N) is 1. The van der Waals surface area contributed by atoms with E-state index >= 15 is 0 Å². The summed E-state index contributed by atoms with van der Waals surface area (Å²) >= 11 is 3.39. The number of hydrogen-bond acceptors (Lipinski definition) is 3. The molecule has 0 spiro atoms. The summed E-state index contributed by atoms with van der Waals surface area (Å²) in [6.45, 7) is 4.82. The predicted octanol–water partition coefficient (Wildman–Crippen LogP) is 4.52. The van der Waals surface area contributed by atoms with Gasteiger partial charge in [0.25, 0.3) is 5.69 Å². The summed E-state index contributed by atoms with van der Waals surface area (Å²) in [5, 5.41) is 14.1. The third kappa shape index (κ3) is 4.12. The first-order valence-electron chi connectivity index (χ1n) is 6.70. The molecule has 0 heterocycles. The Morgan fingerprint density at radius 2 is 2.05 bits per heavy atom. The standard InChI is InChI=1S/C16H17BrN2O2/c1-11-4-3-5-13(8-11)12(2)18-10-14-6-7-15(19(20)21)9-16(14)17/h3-9,12,18H,10H2,1-2H3/t12-/m0/s1. The third-order valence-electron chi connectivity index (χ3n) is 3.39. The van der Waals surface area contributed by atoms with Gasteiger partial charge in [-0.3, -0.25) is 10.1 Å². The van der Waals surface area contributed by atoms with Crippen LogP contribution in [0, 0.1) is 17.0 Å². The zero-order chi connectivity index (χ0) is 15.4. The first-order valence-corrected chi connectivity index (χ1v) is 7.49. The van der Waals surface area contributed by atoms with Crippen LogP contribution in [0.4, 0.5) is 5.69 Å². The predicted molar refractivity (Wildman–Crippen MR) is 87.2 cm³/mol. The molecule has 0 aliphatic heterocycles. The van der Waals surface area contributed by atoms with Crippen LogP contribution in [0.2, 0.25) is 0 Å². The molecule has 4 nitrogen and oxygen atoms in total. The summed E-state index contributed by atoms with van der Waals surface area (Å²) in [5.74, 6) is 0. The van der Waals surface area contributed by atoms with Gasteiger partial charge in [0.15, 0.2) is 0 Å². The Balaban J connectivity index is 2.04. The van der Waals surface area contributed by atoms with Gasteiger partial charge in [-0.15, -0.1) is 0 Å². The van der Waals surface area contributed by atoms with Crippen molar-refractivity contribution in [2.45, 2.75) is 26.4 Å². The van der Waals surface area contributed by atoms with E-state index in [2.05, 4.69) is 53.3 Å². The fourth-order valence-corrected chi connectivity index (χ4v) is 2.62. The third-order valence-corrected chi connectivity index (χ3v) is 4.13. The monoisotopic (exact) mass is 348 g/mol. The van der Waals surface area contributed by atoms with Crippen molar-refractivity contribution in [3.8, 4) is 0 Å². The van der Waals surface area contributed by atoms with Crippen LogP contribution in [0.25, 0.3) is 0 Å². The van der Waals surface area contributed by atoms with Crippen LogP contribution in [0.15, 0.2) is 46.9 Å². The van der Waals surface area contributed by atoms with Gasteiger partial charge in [0.1, 0.15) is 0 Å². The minimum absolute atomic E-state index is 0.0948. The molecule has 110 valence electrons. The van der Waals surface area contributed by atoms with E-state index in [1.54, 1.807) is 6.07 Å². The fourth-order valence-electron chi connectivity index (χ4n) is 2.11. The van der Waals surface area contributed by atoms with Gasteiger partial charge in [0, 0.05) is 29.2 Å². The molecule has 0 amide bonds. The SMILES string of the molecule is Cc1cccc([C@H](C)NCc2ccc([N+](=O)[O-])cc2Br)c1. The first-order chi connectivity index (χ1) is 9.97. The topological polar surface area (TPSA) is 55.2 Å². The second-order valence-corrected chi connectivity index (χ2v) is 5.90. The summed E-state index contributed by atoms with van der Waals surface area (Å²) in [7, 11) is 0. The van der Waals surface area contributed by atoms with E-state index < -0.39 is 4.92 Å². The lowest BCUT2D eigenvalue weighted by molar-refractivity contribution is -0.384. The minimum Gasteiger partial charge on any atom is -0.306 e. The quantitative estimate of drug-likeness (QED) is 0.638. The number of halogens is 1. The van der Waals surface area contributed by atoms with Crippen LogP contribution >= 0.6 is 15.9 Å². The molecule has 0 unspecified atom stereocenters. The van der Waals surface area contributed by atoms with E-state index in [0.29, 0.717) is 6.54 Å². The number of nitro groups is 1. The molecular weight excluding hydrogens is 332 g/mol. The molecule has 0 saturated heterocycles. The molecule has 5 heteroatoms. The molecule has 0 radical (unpaired) electrons. The Kier molecular flexibility index (Phi) is 5.09. The Labute approximate surface area is 132 Å². The number of benzene rings is 2. The average Bonchev–Trinajstić information content (AvgIpc) is 2.45. The van der Waals surface area contributed by atoms with Gasteiger partial charge in [0.2, 0.25) is 0 Å². The van der Waals surface area contributed by atoms with Crippen LogP contribution in [0.3, 0.4) is 0 Å². The van der Waals surface area contributed by atoms with E-state index in [9.17, 15) is 10.1 Å². The van der Waals surface area contributed by atoms with Crippen molar-refractivity contribution in [3.05, 3.63) is 73.7 Å². The molecule has 0 aromatic heterocycles. The molecule has 0 saturated carbocycles. The lowest BCUT2D eigenvalue weighted by atomic mass is 10.1. The van der Waals surface area contributed by atoms with Crippen molar-refractivity contribution in [2.24, 2.45) is 0 Å². The first kappa shape index (κ1) is 15.7. The molecule has 0 aliphatic rings. The number of non-ortho nitro benzene ring substituents is 1. The van der Waals surface area contributed by atoms with Gasteiger partial charge in [-0.2, -0.15) is 0 Å². The number of hydrogen-bond donors (Lipinski definition) is 1. The van der Waals surface area contributed by atoms with Crippen molar-refractivity contribution in [3.63, 3.8) is 0 Å². The van der Waals surface area contributed by atoms with Gasteiger partial charge in [0.05, 0.1) is 4.92 Å². The van der Waals surface area contributed by atoms with Crippen molar-refractivity contribution in [2.75, 3.05) is 0 Å². The minimum atomic E-state index is -0.392. The number of nitro benzene ring substituents is 1. The molecule has 1 atom stereocenters. The Morgan fingerprint density at radius 1 is 1.29 bits per heavy atom. The second kappa shape index (κ2) is 6.83. The highest BCUT2D eigenvalue weighted by Crippen LogP contribution is 2.23. The van der Waals surface area contributed by atoms with Crippen LogP contribution in [0.5, 0.6) is 0 Å². The van der Waals surface area contributed by atoms with Gasteiger partial charge in [-0.05, 0) is 31.0 Å². The summed E-state index contributed by atoms with van der Waals surface area (Å²) in [6, 6.07) is 13.4. The zero-order valence-electron chi connectivity index (χ0n) is 12.0. The lowest BCUT2D eigenvalue weighted by Crippen LogP contribution is -2.18. The van der Waals surface area contributed by atoms with Gasteiger partial charge in [-0.1, -0.05) is 45.8 Å². The highest BCUT2D eigenvalue weighted by atomic mass is 79.9. The Morgan fingerprint density at radius 3 is 2.67 bits per heavy atom. The van der Waals surface area contributed by atoms with Gasteiger partial charge in [-0.25, -0.2) is 0 Å². The van der Waals surface area contributed by atoms with Gasteiger partial charge >= 0.3 is 0 Å². The maximum absolute atomic E-state index is 10.7. The molecule has 21 heavy (non-hydrogen) atoms. The molecule has 0 fully saturated rings. The van der Waals surface area contributed by atoms with E-state index in [1.807, 2.05) is 6.07 Å². The van der Waals surface area contributed by atoms with Crippen molar-refractivity contribution in [1.82, 2.24) is 5.32 Å². The maximum Gasteiger partial charge on any atom is 0.270 e. The van der Waals surface area contributed by atoms with Gasteiger partial charge < -0.3 is 5.32 Å². The summed E-state index contributed by atoms with van der Waals surface area (Å²) < 4.78 is 0.751. The number of aryl methyl sites for hydroxylation is 1. The van der Waals surface area contributed by atoms with E-state index in [-0.39, 0.29) is 11.7 Å². The van der Waals surface area contributed by atoms with E-state index in [4.69, 9.17) is 0 Å². The Hall–Kier alpha value is -1.72.